The zero-order chi connectivity index (χ0) is 17.4. The first-order valence-corrected chi connectivity index (χ1v) is 7.86. The predicted octanol–water partition coefficient (Wildman–Crippen LogP) is 3.30. The van der Waals surface area contributed by atoms with E-state index in [0.29, 0.717) is 15.8 Å². The molecule has 0 saturated heterocycles. The number of nitrogens with zero attached hydrogens (tertiary/aromatic N) is 2. The van der Waals surface area contributed by atoms with Gasteiger partial charge in [0.05, 0.1) is 5.39 Å². The summed E-state index contributed by atoms with van der Waals surface area (Å²) in [6, 6.07) is 4.50. The van der Waals surface area contributed by atoms with Crippen molar-refractivity contribution in [2.45, 2.75) is 6.43 Å². The number of amides is 1. The van der Waals surface area contributed by atoms with Crippen LogP contribution in [0.25, 0.3) is 11.0 Å². The summed E-state index contributed by atoms with van der Waals surface area (Å²) in [6.45, 7) is 0. The summed E-state index contributed by atoms with van der Waals surface area (Å²) >= 11 is 3.65. The Morgan fingerprint density at radius 2 is 2.12 bits per heavy atom. The normalized spacial score (nSPS) is 11.2. The third kappa shape index (κ3) is 2.99. The van der Waals surface area contributed by atoms with Gasteiger partial charge >= 0.3 is 5.63 Å². The second-order valence-electron chi connectivity index (χ2n) is 4.45. The van der Waals surface area contributed by atoms with E-state index in [4.69, 9.17) is 4.42 Å². The number of anilines is 1. The molecule has 0 fully saturated rings. The number of alkyl halides is 2. The van der Waals surface area contributed by atoms with Crippen LogP contribution < -0.4 is 10.9 Å². The van der Waals surface area contributed by atoms with Crippen molar-refractivity contribution in [1.82, 2.24) is 10.2 Å². The van der Waals surface area contributed by atoms with Gasteiger partial charge in [0.15, 0.2) is 10.6 Å². The summed E-state index contributed by atoms with van der Waals surface area (Å²) in [5, 5.41) is 18.2. The Labute approximate surface area is 144 Å². The van der Waals surface area contributed by atoms with Crippen LogP contribution in [0.3, 0.4) is 0 Å². The van der Waals surface area contributed by atoms with Gasteiger partial charge in [-0.2, -0.15) is 0 Å². The summed E-state index contributed by atoms with van der Waals surface area (Å²) in [6.07, 6.45) is -2.83. The Morgan fingerprint density at radius 3 is 2.79 bits per heavy atom. The number of benzene rings is 1. The Bertz CT molecular complexity index is 1000. The second kappa shape index (κ2) is 6.24. The molecule has 2 aromatic heterocycles. The predicted molar refractivity (Wildman–Crippen MR) is 84.7 cm³/mol. The van der Waals surface area contributed by atoms with Gasteiger partial charge in [-0.3, -0.25) is 10.1 Å². The van der Waals surface area contributed by atoms with Crippen molar-refractivity contribution in [3.8, 4) is 5.75 Å². The molecule has 2 heterocycles. The lowest BCUT2D eigenvalue weighted by molar-refractivity contribution is 0.102. The first kappa shape index (κ1) is 16.5. The molecule has 0 spiro atoms. The lowest BCUT2D eigenvalue weighted by atomic mass is 10.1. The highest BCUT2D eigenvalue weighted by Gasteiger charge is 2.23. The number of aromatic hydroxyl groups is 1. The van der Waals surface area contributed by atoms with Crippen LogP contribution in [0.1, 0.15) is 21.8 Å². The van der Waals surface area contributed by atoms with Crippen molar-refractivity contribution in [1.29, 1.82) is 0 Å². The molecule has 11 heteroatoms. The van der Waals surface area contributed by atoms with Crippen molar-refractivity contribution in [3.63, 3.8) is 0 Å². The maximum Gasteiger partial charge on any atom is 0.353 e. The Balaban J connectivity index is 2.00. The van der Waals surface area contributed by atoms with Crippen molar-refractivity contribution in [2.24, 2.45) is 0 Å². The van der Waals surface area contributed by atoms with Gasteiger partial charge in [0.2, 0.25) is 5.13 Å². The molecular weight excluding hydrogens is 412 g/mol. The molecule has 3 rings (SSSR count). The second-order valence-corrected chi connectivity index (χ2v) is 6.38. The monoisotopic (exact) mass is 417 g/mol. The highest BCUT2D eigenvalue weighted by Crippen LogP contribution is 2.30. The first-order valence-electron chi connectivity index (χ1n) is 6.25. The van der Waals surface area contributed by atoms with Crippen LogP contribution in [0.4, 0.5) is 13.9 Å². The highest BCUT2D eigenvalue weighted by atomic mass is 79.9. The number of hydrogen-bond donors (Lipinski definition) is 2. The fourth-order valence-electron chi connectivity index (χ4n) is 1.89. The van der Waals surface area contributed by atoms with Crippen LogP contribution in [-0.2, 0) is 0 Å². The van der Waals surface area contributed by atoms with Crippen molar-refractivity contribution in [3.05, 3.63) is 43.7 Å². The van der Waals surface area contributed by atoms with E-state index in [9.17, 15) is 23.5 Å². The fourth-order valence-corrected chi connectivity index (χ4v) is 2.83. The molecule has 2 N–H and O–H groups in total. The van der Waals surface area contributed by atoms with E-state index in [1.165, 1.54) is 12.1 Å². The largest absolute Gasteiger partial charge is 0.506 e. The lowest BCUT2D eigenvalue weighted by Gasteiger charge is -2.06. The minimum absolute atomic E-state index is 0.0827. The van der Waals surface area contributed by atoms with E-state index < -0.39 is 34.3 Å². The zero-order valence-corrected chi connectivity index (χ0v) is 13.8. The summed E-state index contributed by atoms with van der Waals surface area (Å²) < 4.78 is 30.5. The number of carbonyl (C=O) groups is 1. The third-order valence-corrected chi connectivity index (χ3v) is 4.26. The summed E-state index contributed by atoms with van der Waals surface area (Å²) in [4.78, 5) is 24.1. The molecule has 7 nitrogen and oxygen atoms in total. The highest BCUT2D eigenvalue weighted by molar-refractivity contribution is 9.10. The van der Waals surface area contributed by atoms with Crippen molar-refractivity contribution >= 4 is 49.3 Å². The van der Waals surface area contributed by atoms with E-state index in [1.54, 1.807) is 6.07 Å². The van der Waals surface area contributed by atoms with E-state index in [1.807, 2.05) is 0 Å². The smallest absolute Gasteiger partial charge is 0.353 e. The van der Waals surface area contributed by atoms with Gasteiger partial charge < -0.3 is 9.52 Å². The third-order valence-electron chi connectivity index (χ3n) is 2.92. The van der Waals surface area contributed by atoms with E-state index in [0.717, 1.165) is 0 Å². The van der Waals surface area contributed by atoms with Crippen LogP contribution in [0.15, 0.2) is 31.9 Å². The molecule has 3 aromatic rings. The molecule has 0 aliphatic carbocycles. The average molecular weight is 418 g/mol. The van der Waals surface area contributed by atoms with Crippen LogP contribution in [0, 0.1) is 0 Å². The molecular formula is C13H6BrF2N3O4S. The maximum absolute atomic E-state index is 12.5. The van der Waals surface area contributed by atoms with Crippen molar-refractivity contribution in [2.75, 3.05) is 5.32 Å². The van der Waals surface area contributed by atoms with Crippen LogP contribution in [0.5, 0.6) is 5.75 Å². The molecule has 0 saturated carbocycles. The summed E-state index contributed by atoms with van der Waals surface area (Å²) in [5.74, 6) is -1.62. The Hall–Kier alpha value is -2.40. The zero-order valence-electron chi connectivity index (χ0n) is 11.4. The van der Waals surface area contributed by atoms with Gasteiger partial charge in [-0.15, -0.1) is 10.2 Å². The molecule has 0 bridgehead atoms. The van der Waals surface area contributed by atoms with Crippen molar-refractivity contribution < 1.29 is 23.1 Å². The number of rotatable bonds is 3. The van der Waals surface area contributed by atoms with Gasteiger partial charge in [0, 0.05) is 4.47 Å². The minimum Gasteiger partial charge on any atom is -0.506 e. The molecule has 24 heavy (non-hydrogen) atoms. The average Bonchev–Trinajstić information content (AvgIpc) is 2.95. The standard InChI is InChI=1S/C13H6BrF2N3O4S/c14-4-1-2-5-6(3-4)23-12(22)7(8(5)20)10(21)17-13-19-18-11(24-13)9(15)16/h1-3,9,20H,(H,17,19,21). The van der Waals surface area contributed by atoms with Crippen LogP contribution >= 0.6 is 27.3 Å². The Kier molecular flexibility index (Phi) is 4.28. The van der Waals surface area contributed by atoms with Crippen LogP contribution in [-0.4, -0.2) is 21.2 Å². The number of carbonyl (C=O) groups excluding carboxylic acids is 1. The molecule has 1 aromatic carbocycles. The first-order chi connectivity index (χ1) is 11.4. The minimum atomic E-state index is -2.83. The molecule has 0 radical (unpaired) electrons. The number of fused-ring (bicyclic) bond motifs is 1. The number of hydrogen-bond acceptors (Lipinski definition) is 7. The molecule has 0 atom stereocenters. The van der Waals surface area contributed by atoms with E-state index >= 15 is 0 Å². The fraction of sp³-hybridized carbons (Fsp3) is 0.0769. The number of nitrogens with one attached hydrogen (secondary N) is 1. The number of aromatic nitrogens is 2. The van der Waals surface area contributed by atoms with Crippen LogP contribution in [0.2, 0.25) is 0 Å². The van der Waals surface area contributed by atoms with Gasteiger partial charge in [0.1, 0.15) is 11.3 Å². The molecule has 124 valence electrons. The van der Waals surface area contributed by atoms with Gasteiger partial charge in [-0.05, 0) is 18.2 Å². The molecule has 0 aliphatic heterocycles. The molecule has 0 unspecified atom stereocenters. The molecule has 1 amide bonds. The summed E-state index contributed by atoms with van der Waals surface area (Å²) in [5.41, 5.74) is -1.65. The quantitative estimate of drug-likeness (QED) is 0.633. The maximum atomic E-state index is 12.5. The molecule has 0 aliphatic rings. The summed E-state index contributed by atoms with van der Waals surface area (Å²) in [7, 11) is 0. The Morgan fingerprint density at radius 1 is 1.38 bits per heavy atom. The van der Waals surface area contributed by atoms with E-state index in [-0.39, 0.29) is 16.1 Å². The number of halogens is 3. The lowest BCUT2D eigenvalue weighted by Crippen LogP contribution is -2.21. The van der Waals surface area contributed by atoms with Gasteiger partial charge in [-0.1, -0.05) is 27.3 Å². The van der Waals surface area contributed by atoms with Gasteiger partial charge in [-0.25, -0.2) is 13.6 Å². The van der Waals surface area contributed by atoms with E-state index in [2.05, 4.69) is 31.4 Å². The SMILES string of the molecule is O=C(Nc1nnc(C(F)F)s1)c1c(O)c2ccc(Br)cc2oc1=O. The topological polar surface area (TPSA) is 105 Å². The van der Waals surface area contributed by atoms with Gasteiger partial charge in [0.25, 0.3) is 12.3 Å².